The van der Waals surface area contributed by atoms with Gasteiger partial charge in [0.25, 0.3) is 0 Å². The Bertz CT molecular complexity index is 1600. The van der Waals surface area contributed by atoms with Gasteiger partial charge in [0, 0.05) is 47.7 Å². The topological polar surface area (TPSA) is 122 Å². The Hall–Kier alpha value is -4.39. The minimum absolute atomic E-state index is 0. The van der Waals surface area contributed by atoms with Crippen LogP contribution in [0.2, 0.25) is 0 Å². The second kappa shape index (κ2) is 14.5. The standard InChI is InChI=1S/C29H29F2N7O3.ClH/c1-2-40-20-15-23(30)22(24(31)16-20)18-38-25-6-4-3-5-21(25)27(37-38)29-34-17-26(41-14-13-39-12-9-32)28(36-29)35-19-7-10-33-11-8-19;/h3-8,10-11,15-17H,2,9,12-14,18,32H2,1H3,(H,33,34,35,36);1H. The minimum Gasteiger partial charge on any atom is -0.494 e. The van der Waals surface area contributed by atoms with E-state index >= 15 is 0 Å². The molecule has 0 aliphatic rings. The number of halogens is 3. The van der Waals surface area contributed by atoms with E-state index in [1.54, 1.807) is 37.6 Å². The predicted molar refractivity (Wildman–Crippen MR) is 158 cm³/mol. The lowest BCUT2D eigenvalue weighted by molar-refractivity contribution is 0.106. The first-order valence-corrected chi connectivity index (χ1v) is 13.1. The number of hydrogen-bond donors (Lipinski definition) is 2. The highest BCUT2D eigenvalue weighted by Crippen LogP contribution is 2.32. The van der Waals surface area contributed by atoms with Gasteiger partial charge < -0.3 is 25.3 Å². The summed E-state index contributed by atoms with van der Waals surface area (Å²) in [7, 11) is 0. The van der Waals surface area contributed by atoms with Crippen molar-refractivity contribution in [3.63, 3.8) is 0 Å². The largest absolute Gasteiger partial charge is 0.494 e. The molecule has 0 unspecified atom stereocenters. The van der Waals surface area contributed by atoms with Gasteiger partial charge in [-0.05, 0) is 25.1 Å². The van der Waals surface area contributed by atoms with Crippen LogP contribution in [0.1, 0.15) is 12.5 Å². The third-order valence-electron chi connectivity index (χ3n) is 6.05. The van der Waals surface area contributed by atoms with E-state index in [1.807, 2.05) is 24.3 Å². The lowest BCUT2D eigenvalue weighted by atomic mass is 10.1. The van der Waals surface area contributed by atoms with E-state index in [9.17, 15) is 8.78 Å². The zero-order valence-electron chi connectivity index (χ0n) is 22.8. The van der Waals surface area contributed by atoms with Gasteiger partial charge >= 0.3 is 0 Å². The maximum Gasteiger partial charge on any atom is 0.183 e. The van der Waals surface area contributed by atoms with Crippen molar-refractivity contribution in [1.82, 2.24) is 24.7 Å². The van der Waals surface area contributed by atoms with Crippen LogP contribution >= 0.6 is 12.4 Å². The van der Waals surface area contributed by atoms with Gasteiger partial charge in [-0.3, -0.25) is 9.67 Å². The summed E-state index contributed by atoms with van der Waals surface area (Å²) in [5.74, 6) is -0.186. The Morgan fingerprint density at radius 1 is 0.976 bits per heavy atom. The van der Waals surface area contributed by atoms with Crippen LogP contribution in [0.3, 0.4) is 0 Å². The number of benzene rings is 2. The fraction of sp³-hybridized carbons (Fsp3) is 0.241. The van der Waals surface area contributed by atoms with Crippen molar-refractivity contribution in [2.75, 3.05) is 38.3 Å². The number of nitrogens with two attached hydrogens (primary N) is 1. The fourth-order valence-electron chi connectivity index (χ4n) is 4.19. The molecule has 0 atom stereocenters. The summed E-state index contributed by atoms with van der Waals surface area (Å²) in [6, 6.07) is 13.3. The molecule has 3 aromatic heterocycles. The van der Waals surface area contributed by atoms with E-state index in [4.69, 9.17) is 24.9 Å². The molecule has 0 bridgehead atoms. The van der Waals surface area contributed by atoms with Crippen LogP contribution in [0.15, 0.2) is 67.1 Å². The molecule has 0 spiro atoms. The average Bonchev–Trinajstić information content (AvgIpc) is 3.34. The van der Waals surface area contributed by atoms with Gasteiger partial charge in [-0.2, -0.15) is 5.10 Å². The van der Waals surface area contributed by atoms with Crippen molar-refractivity contribution in [3.05, 3.63) is 84.3 Å². The number of para-hydroxylation sites is 1. The summed E-state index contributed by atoms with van der Waals surface area (Å²) >= 11 is 0. The molecule has 42 heavy (non-hydrogen) atoms. The van der Waals surface area contributed by atoms with Crippen molar-refractivity contribution < 1.29 is 23.0 Å². The Kier molecular flexibility index (Phi) is 10.5. The van der Waals surface area contributed by atoms with Gasteiger partial charge in [0.1, 0.15) is 29.7 Å². The maximum absolute atomic E-state index is 14.9. The Morgan fingerprint density at radius 3 is 2.48 bits per heavy atom. The van der Waals surface area contributed by atoms with E-state index in [-0.39, 0.29) is 36.9 Å². The highest BCUT2D eigenvalue weighted by Gasteiger charge is 2.20. The van der Waals surface area contributed by atoms with Gasteiger partial charge in [0.05, 0.1) is 38.1 Å². The lowest BCUT2D eigenvalue weighted by Crippen LogP contribution is -2.14. The molecule has 5 aromatic rings. The summed E-state index contributed by atoms with van der Waals surface area (Å²) in [6.45, 7) is 3.38. The number of aromatic nitrogens is 5. The van der Waals surface area contributed by atoms with Gasteiger partial charge in [-0.25, -0.2) is 18.7 Å². The number of nitrogens with one attached hydrogen (secondary N) is 1. The van der Waals surface area contributed by atoms with Crippen LogP contribution in [0.5, 0.6) is 11.5 Å². The number of hydrogen-bond acceptors (Lipinski definition) is 9. The Balaban J connectivity index is 0.00000405. The SMILES string of the molecule is CCOc1cc(F)c(Cn2nc(-c3ncc(OCCOCCN)c(Nc4ccncc4)n3)c3ccccc32)c(F)c1.Cl. The number of fused-ring (bicyclic) bond motifs is 1. The summed E-state index contributed by atoms with van der Waals surface area (Å²) in [6.07, 6.45) is 4.86. The van der Waals surface area contributed by atoms with Crippen molar-refractivity contribution in [2.24, 2.45) is 5.73 Å². The maximum atomic E-state index is 14.9. The smallest absolute Gasteiger partial charge is 0.183 e. The molecule has 220 valence electrons. The van der Waals surface area contributed by atoms with Crippen molar-refractivity contribution in [3.8, 4) is 23.0 Å². The Morgan fingerprint density at radius 2 is 1.74 bits per heavy atom. The van der Waals surface area contributed by atoms with Crippen LogP contribution in [-0.4, -0.2) is 57.7 Å². The molecule has 0 fully saturated rings. The first-order chi connectivity index (χ1) is 20.1. The number of nitrogens with zero attached hydrogens (tertiary/aromatic N) is 5. The second-order valence-electron chi connectivity index (χ2n) is 8.84. The van der Waals surface area contributed by atoms with E-state index < -0.39 is 11.6 Å². The summed E-state index contributed by atoms with van der Waals surface area (Å²) in [4.78, 5) is 13.3. The first-order valence-electron chi connectivity index (χ1n) is 13.1. The molecule has 0 saturated carbocycles. The molecule has 10 nitrogen and oxygen atoms in total. The molecule has 3 N–H and O–H groups in total. The highest BCUT2D eigenvalue weighted by molar-refractivity contribution is 5.92. The molecular formula is C29H30ClF2N7O3. The number of anilines is 2. The quantitative estimate of drug-likeness (QED) is 0.178. The van der Waals surface area contributed by atoms with Gasteiger partial charge in [-0.1, -0.05) is 18.2 Å². The van der Waals surface area contributed by atoms with Crippen LogP contribution in [0.4, 0.5) is 20.3 Å². The van der Waals surface area contributed by atoms with E-state index in [0.29, 0.717) is 55.0 Å². The Labute approximate surface area is 247 Å². The molecule has 2 aromatic carbocycles. The average molecular weight is 598 g/mol. The van der Waals surface area contributed by atoms with Crippen LogP contribution in [-0.2, 0) is 11.3 Å². The van der Waals surface area contributed by atoms with E-state index in [2.05, 4.69) is 20.4 Å². The highest BCUT2D eigenvalue weighted by atomic mass is 35.5. The van der Waals surface area contributed by atoms with Gasteiger partial charge in [0.15, 0.2) is 17.4 Å². The molecule has 13 heteroatoms. The number of pyridine rings is 1. The van der Waals surface area contributed by atoms with Crippen molar-refractivity contribution in [2.45, 2.75) is 13.5 Å². The summed E-state index contributed by atoms with van der Waals surface area (Å²) in [5, 5.41) is 8.64. The number of rotatable bonds is 13. The molecular weight excluding hydrogens is 568 g/mol. The third-order valence-corrected chi connectivity index (χ3v) is 6.05. The van der Waals surface area contributed by atoms with Crippen LogP contribution in [0.25, 0.3) is 22.4 Å². The molecule has 0 aliphatic heterocycles. The predicted octanol–water partition coefficient (Wildman–Crippen LogP) is 5.13. The van der Waals surface area contributed by atoms with E-state index in [0.717, 1.165) is 11.1 Å². The lowest BCUT2D eigenvalue weighted by Gasteiger charge is -2.13. The molecule has 0 radical (unpaired) electrons. The van der Waals surface area contributed by atoms with Crippen LogP contribution < -0.4 is 20.5 Å². The molecule has 0 aliphatic carbocycles. The summed E-state index contributed by atoms with van der Waals surface area (Å²) in [5.41, 5.74) is 7.19. The van der Waals surface area contributed by atoms with E-state index in [1.165, 1.54) is 16.8 Å². The minimum atomic E-state index is -0.716. The van der Waals surface area contributed by atoms with Crippen LogP contribution in [0, 0.1) is 11.6 Å². The zero-order chi connectivity index (χ0) is 28.6. The third kappa shape index (κ3) is 7.08. The van der Waals surface area contributed by atoms with Crippen molar-refractivity contribution >= 4 is 34.8 Å². The molecule has 0 saturated heterocycles. The summed E-state index contributed by atoms with van der Waals surface area (Å²) < 4.78 is 47.9. The van der Waals surface area contributed by atoms with Gasteiger partial charge in [0.2, 0.25) is 0 Å². The molecule has 0 amide bonds. The molecule has 3 heterocycles. The molecule has 5 rings (SSSR count). The first kappa shape index (κ1) is 30.6. The second-order valence-corrected chi connectivity index (χ2v) is 8.84. The van der Waals surface area contributed by atoms with Gasteiger partial charge in [-0.15, -0.1) is 12.4 Å². The van der Waals surface area contributed by atoms with Crippen molar-refractivity contribution in [1.29, 1.82) is 0 Å². The normalized spacial score (nSPS) is 10.9. The zero-order valence-corrected chi connectivity index (χ0v) is 23.6. The monoisotopic (exact) mass is 597 g/mol. The fourth-order valence-corrected chi connectivity index (χ4v) is 4.19. The number of ether oxygens (including phenoxy) is 3.